The van der Waals surface area contributed by atoms with Gasteiger partial charge >= 0.3 is 0 Å². The average molecular weight is 400 g/mol. The molecule has 0 spiro atoms. The number of aromatic nitrogens is 2. The maximum atomic E-state index is 6.14. The van der Waals surface area contributed by atoms with E-state index in [4.69, 9.17) is 16.6 Å². The van der Waals surface area contributed by atoms with Crippen molar-refractivity contribution in [1.29, 1.82) is 0 Å². The van der Waals surface area contributed by atoms with Crippen LogP contribution in [0, 0.1) is 0 Å². The van der Waals surface area contributed by atoms with Crippen LogP contribution in [-0.4, -0.2) is 9.55 Å². The molecule has 0 unspecified atom stereocenters. The Morgan fingerprint density at radius 3 is 2.38 bits per heavy atom. The fourth-order valence-electron chi connectivity index (χ4n) is 3.93. The first-order valence-corrected chi connectivity index (χ1v) is 10.3. The molecule has 3 nitrogen and oxygen atoms in total. The van der Waals surface area contributed by atoms with Gasteiger partial charge < -0.3 is 5.32 Å². The number of rotatable bonds is 3. The van der Waals surface area contributed by atoms with Crippen molar-refractivity contribution in [2.24, 2.45) is 0 Å². The molecule has 0 amide bonds. The van der Waals surface area contributed by atoms with Crippen LogP contribution in [0.5, 0.6) is 0 Å². The molecule has 29 heavy (non-hydrogen) atoms. The van der Waals surface area contributed by atoms with Crippen LogP contribution in [0.3, 0.4) is 0 Å². The van der Waals surface area contributed by atoms with Crippen LogP contribution in [-0.2, 0) is 0 Å². The molecular formula is C25H22ClN3. The van der Waals surface area contributed by atoms with E-state index >= 15 is 0 Å². The van der Waals surface area contributed by atoms with E-state index in [-0.39, 0.29) is 6.04 Å². The Balaban J connectivity index is 1.65. The minimum absolute atomic E-state index is 0.0377. The van der Waals surface area contributed by atoms with Crippen LogP contribution in [0.15, 0.2) is 78.9 Å². The summed E-state index contributed by atoms with van der Waals surface area (Å²) in [5, 5.41) is 4.29. The Kier molecular flexibility index (Phi) is 4.40. The zero-order chi connectivity index (χ0) is 20.0. The van der Waals surface area contributed by atoms with Crippen molar-refractivity contribution >= 4 is 34.3 Å². The zero-order valence-electron chi connectivity index (χ0n) is 16.4. The molecule has 4 heteroatoms. The standard InChI is InChI=1S/C25H22ClN3/c1-16(2)17-7-9-18(10-8-17)22-15-24(19-11-13-20(26)14-12-19)29-23-6-4-3-5-21(23)27-25(29)28-22/h3-16,24H,1-2H3,(H,27,28)/t24-/m0/s1. The van der Waals surface area contributed by atoms with Gasteiger partial charge in [-0.1, -0.05) is 74.0 Å². The lowest BCUT2D eigenvalue weighted by Crippen LogP contribution is -2.19. The van der Waals surface area contributed by atoms with Gasteiger partial charge in [0, 0.05) is 10.7 Å². The Hall–Kier alpha value is -3.04. The van der Waals surface area contributed by atoms with Crippen LogP contribution in [0.4, 0.5) is 5.95 Å². The summed E-state index contributed by atoms with van der Waals surface area (Å²) in [6.45, 7) is 4.43. The quantitative estimate of drug-likeness (QED) is 0.407. The van der Waals surface area contributed by atoms with Crippen LogP contribution in [0.25, 0.3) is 16.7 Å². The summed E-state index contributed by atoms with van der Waals surface area (Å²) in [5.41, 5.74) is 6.84. The van der Waals surface area contributed by atoms with Crippen LogP contribution >= 0.6 is 11.6 Å². The summed E-state index contributed by atoms with van der Waals surface area (Å²) in [4.78, 5) is 4.85. The molecular weight excluding hydrogens is 378 g/mol. The molecule has 0 saturated carbocycles. The Labute approximate surface area is 175 Å². The fourth-order valence-corrected chi connectivity index (χ4v) is 4.06. The van der Waals surface area contributed by atoms with E-state index in [2.05, 4.69) is 84.4 Å². The van der Waals surface area contributed by atoms with Gasteiger partial charge in [-0.05, 0) is 52.9 Å². The normalized spacial score (nSPS) is 15.9. The molecule has 1 aliphatic heterocycles. The molecule has 5 rings (SSSR count). The van der Waals surface area contributed by atoms with Crippen LogP contribution < -0.4 is 5.32 Å². The minimum Gasteiger partial charge on any atom is -0.325 e. The van der Waals surface area contributed by atoms with Gasteiger partial charge in [0.1, 0.15) is 0 Å². The van der Waals surface area contributed by atoms with E-state index in [1.165, 1.54) is 11.1 Å². The highest BCUT2D eigenvalue weighted by atomic mass is 35.5. The van der Waals surface area contributed by atoms with Gasteiger partial charge in [0.2, 0.25) is 5.95 Å². The molecule has 144 valence electrons. The van der Waals surface area contributed by atoms with E-state index in [1.807, 2.05) is 18.2 Å². The van der Waals surface area contributed by atoms with Crippen molar-refractivity contribution in [3.63, 3.8) is 0 Å². The highest BCUT2D eigenvalue weighted by Crippen LogP contribution is 2.37. The van der Waals surface area contributed by atoms with Gasteiger partial charge in [-0.2, -0.15) is 0 Å². The lowest BCUT2D eigenvalue weighted by Gasteiger charge is -2.27. The second-order valence-electron chi connectivity index (χ2n) is 7.77. The number of imidazole rings is 1. The number of benzene rings is 3. The van der Waals surface area contributed by atoms with E-state index in [0.29, 0.717) is 5.92 Å². The largest absolute Gasteiger partial charge is 0.325 e. The predicted octanol–water partition coefficient (Wildman–Crippen LogP) is 6.87. The van der Waals surface area contributed by atoms with Gasteiger partial charge in [0.25, 0.3) is 0 Å². The number of para-hydroxylation sites is 2. The number of nitrogens with zero attached hydrogens (tertiary/aromatic N) is 2. The Morgan fingerprint density at radius 2 is 1.66 bits per heavy atom. The molecule has 2 heterocycles. The maximum Gasteiger partial charge on any atom is 0.209 e. The molecule has 0 bridgehead atoms. The third-order valence-corrected chi connectivity index (χ3v) is 5.80. The van der Waals surface area contributed by atoms with Gasteiger partial charge in [-0.15, -0.1) is 0 Å². The number of hydrogen-bond acceptors (Lipinski definition) is 2. The number of nitrogens with one attached hydrogen (secondary N) is 1. The molecule has 0 aliphatic carbocycles. The van der Waals surface area contributed by atoms with Crippen LogP contribution in [0.2, 0.25) is 5.02 Å². The third kappa shape index (κ3) is 3.22. The molecule has 1 atom stereocenters. The number of anilines is 1. The summed E-state index contributed by atoms with van der Waals surface area (Å²) in [6, 6.07) is 25.1. The van der Waals surface area contributed by atoms with E-state index in [9.17, 15) is 0 Å². The van der Waals surface area contributed by atoms with E-state index in [1.54, 1.807) is 0 Å². The zero-order valence-corrected chi connectivity index (χ0v) is 17.2. The van der Waals surface area contributed by atoms with Gasteiger partial charge in [0.05, 0.1) is 17.1 Å². The first-order valence-electron chi connectivity index (χ1n) is 9.92. The van der Waals surface area contributed by atoms with Crippen molar-refractivity contribution in [2.75, 3.05) is 5.32 Å². The molecule has 1 aliphatic rings. The molecule has 0 radical (unpaired) electrons. The molecule has 4 aromatic rings. The second-order valence-corrected chi connectivity index (χ2v) is 8.21. The number of halogens is 1. The van der Waals surface area contributed by atoms with Gasteiger partial charge in [-0.3, -0.25) is 4.57 Å². The molecule has 1 N–H and O–H groups in total. The van der Waals surface area contributed by atoms with Gasteiger partial charge in [-0.25, -0.2) is 4.98 Å². The van der Waals surface area contributed by atoms with E-state index < -0.39 is 0 Å². The van der Waals surface area contributed by atoms with Crippen molar-refractivity contribution in [3.8, 4) is 0 Å². The first-order chi connectivity index (χ1) is 14.1. The molecule has 1 aromatic heterocycles. The minimum atomic E-state index is 0.0377. The summed E-state index contributed by atoms with van der Waals surface area (Å²) < 4.78 is 2.25. The first kappa shape index (κ1) is 18.0. The fraction of sp³-hybridized carbons (Fsp3) is 0.160. The topological polar surface area (TPSA) is 29.9 Å². The summed E-state index contributed by atoms with van der Waals surface area (Å²) in [7, 11) is 0. The second kappa shape index (κ2) is 7.09. The van der Waals surface area contributed by atoms with Crippen LogP contribution in [0.1, 0.15) is 42.5 Å². The lowest BCUT2D eigenvalue weighted by atomic mass is 9.98. The average Bonchev–Trinajstić information content (AvgIpc) is 3.12. The monoisotopic (exact) mass is 399 g/mol. The molecule has 3 aromatic carbocycles. The third-order valence-electron chi connectivity index (χ3n) is 5.54. The van der Waals surface area contributed by atoms with Gasteiger partial charge in [0.15, 0.2) is 0 Å². The SMILES string of the molecule is CC(C)c1ccc(C2=C[C@@H](c3ccc(Cl)cc3)n3c(nc4ccccc43)N2)cc1. The highest BCUT2D eigenvalue weighted by Gasteiger charge is 2.25. The highest BCUT2D eigenvalue weighted by molar-refractivity contribution is 6.30. The smallest absolute Gasteiger partial charge is 0.209 e. The molecule has 0 fully saturated rings. The van der Waals surface area contributed by atoms with Crippen molar-refractivity contribution in [1.82, 2.24) is 9.55 Å². The summed E-state index contributed by atoms with van der Waals surface area (Å²) in [5.74, 6) is 1.37. The number of allylic oxidation sites excluding steroid dienone is 1. The van der Waals surface area contributed by atoms with Crippen molar-refractivity contribution < 1.29 is 0 Å². The lowest BCUT2D eigenvalue weighted by molar-refractivity contribution is 0.720. The van der Waals surface area contributed by atoms with E-state index in [0.717, 1.165) is 33.3 Å². The predicted molar refractivity (Wildman–Crippen MR) is 121 cm³/mol. The summed E-state index contributed by atoms with van der Waals surface area (Å²) in [6.07, 6.45) is 2.27. The number of hydrogen-bond donors (Lipinski definition) is 1. The summed E-state index contributed by atoms with van der Waals surface area (Å²) >= 11 is 6.14. The number of fused-ring (bicyclic) bond motifs is 3. The Morgan fingerprint density at radius 1 is 0.931 bits per heavy atom. The maximum absolute atomic E-state index is 6.14. The van der Waals surface area contributed by atoms with Crippen molar-refractivity contribution in [3.05, 3.63) is 101 Å². The molecule has 0 saturated heterocycles. The van der Waals surface area contributed by atoms with Crippen molar-refractivity contribution in [2.45, 2.75) is 25.8 Å². The Bertz CT molecular complexity index is 1200.